The van der Waals surface area contributed by atoms with E-state index in [1.807, 2.05) is 85.8 Å². The normalized spacial score (nSPS) is 14.4. The largest absolute Gasteiger partial charge is 0.370 e. The number of hydrogen-bond acceptors (Lipinski definition) is 3. The molecule has 4 rings (SSSR count). The molecule has 1 heterocycles. The van der Waals surface area contributed by atoms with Crippen LogP contribution in [-0.2, 0) is 9.59 Å². The third-order valence-corrected chi connectivity index (χ3v) is 5.26. The molecule has 30 heavy (non-hydrogen) atoms. The lowest BCUT2D eigenvalue weighted by atomic mass is 10.1. The zero-order valence-corrected chi connectivity index (χ0v) is 17.0. The zero-order chi connectivity index (χ0) is 20.9. The minimum absolute atomic E-state index is 0.142. The molecule has 2 amide bonds. The predicted octanol–water partition coefficient (Wildman–Crippen LogP) is 4.91. The number of aryl methyl sites for hydroxylation is 1. The minimum atomic E-state index is -0.572. The monoisotopic (exact) mass is 399 g/mol. The predicted molar refractivity (Wildman–Crippen MR) is 121 cm³/mol. The van der Waals surface area contributed by atoms with Gasteiger partial charge in [0.2, 0.25) is 5.91 Å². The van der Waals surface area contributed by atoms with Gasteiger partial charge in [0.05, 0.1) is 0 Å². The van der Waals surface area contributed by atoms with Crippen molar-refractivity contribution in [3.05, 3.63) is 90.0 Å². The number of benzene rings is 3. The number of nitrogens with one attached hydrogen (secondary N) is 2. The van der Waals surface area contributed by atoms with Crippen molar-refractivity contribution in [2.24, 2.45) is 0 Å². The Morgan fingerprint density at radius 2 is 1.70 bits per heavy atom. The summed E-state index contributed by atoms with van der Waals surface area (Å²) in [6.45, 7) is 2.75. The Kier molecular flexibility index (Phi) is 5.80. The number of carbonyl (C=O) groups is 2. The van der Waals surface area contributed by atoms with Crippen LogP contribution < -0.4 is 15.5 Å². The molecule has 2 N–H and O–H groups in total. The molecule has 1 saturated heterocycles. The van der Waals surface area contributed by atoms with E-state index in [1.54, 1.807) is 4.90 Å². The fourth-order valence-electron chi connectivity index (χ4n) is 3.65. The summed E-state index contributed by atoms with van der Waals surface area (Å²) < 4.78 is 0. The van der Waals surface area contributed by atoms with Crippen LogP contribution in [0.5, 0.6) is 0 Å². The summed E-state index contributed by atoms with van der Waals surface area (Å²) in [5.41, 5.74) is 4.40. The van der Waals surface area contributed by atoms with Crippen LogP contribution in [0.25, 0.3) is 0 Å². The minimum Gasteiger partial charge on any atom is -0.370 e. The highest BCUT2D eigenvalue weighted by atomic mass is 16.2. The van der Waals surface area contributed by atoms with E-state index in [-0.39, 0.29) is 11.8 Å². The van der Waals surface area contributed by atoms with Crippen molar-refractivity contribution in [2.75, 3.05) is 22.1 Å². The number of carbonyl (C=O) groups excluding carboxylic acids is 2. The molecule has 1 fully saturated rings. The molecule has 0 bridgehead atoms. The standard InChI is InChI=1S/C25H25N3O2/c1-18-12-14-20(15-13-18)27-25(30)24(19-7-3-2-4-8-19)26-21-9-5-10-22(17-21)28-16-6-11-23(28)29/h2-5,7-10,12-15,17,24,26H,6,11,16H2,1H3,(H,27,30)/t24-/m1/s1. The molecular formula is C25H25N3O2. The molecule has 0 unspecified atom stereocenters. The van der Waals surface area contributed by atoms with Crippen molar-refractivity contribution in [1.29, 1.82) is 0 Å². The topological polar surface area (TPSA) is 61.4 Å². The first-order chi connectivity index (χ1) is 14.6. The van der Waals surface area contributed by atoms with Crippen molar-refractivity contribution in [1.82, 2.24) is 0 Å². The van der Waals surface area contributed by atoms with E-state index in [0.29, 0.717) is 6.42 Å². The van der Waals surface area contributed by atoms with Gasteiger partial charge in [0.25, 0.3) is 5.91 Å². The highest BCUT2D eigenvalue weighted by Crippen LogP contribution is 2.27. The summed E-state index contributed by atoms with van der Waals surface area (Å²) in [4.78, 5) is 27.1. The third-order valence-electron chi connectivity index (χ3n) is 5.26. The maximum Gasteiger partial charge on any atom is 0.251 e. The Morgan fingerprint density at radius 3 is 2.40 bits per heavy atom. The fourth-order valence-corrected chi connectivity index (χ4v) is 3.65. The molecule has 1 aliphatic heterocycles. The Balaban J connectivity index is 1.58. The Morgan fingerprint density at radius 1 is 0.933 bits per heavy atom. The number of rotatable bonds is 6. The molecule has 5 nitrogen and oxygen atoms in total. The average Bonchev–Trinajstić information content (AvgIpc) is 3.20. The van der Waals surface area contributed by atoms with Crippen molar-refractivity contribution in [3.8, 4) is 0 Å². The molecule has 5 heteroatoms. The maximum absolute atomic E-state index is 13.2. The molecule has 0 saturated carbocycles. The molecule has 1 aliphatic rings. The number of anilines is 3. The molecule has 152 valence electrons. The molecule has 3 aromatic carbocycles. The molecule has 0 aromatic heterocycles. The van der Waals surface area contributed by atoms with Gasteiger partial charge in [-0.05, 0) is 49.2 Å². The quantitative estimate of drug-likeness (QED) is 0.619. The molecule has 0 aliphatic carbocycles. The van der Waals surface area contributed by atoms with Crippen LogP contribution in [0.3, 0.4) is 0 Å². The summed E-state index contributed by atoms with van der Waals surface area (Å²) in [5.74, 6) is -0.00317. The Hall–Kier alpha value is -3.60. The van der Waals surface area contributed by atoms with E-state index in [1.165, 1.54) is 0 Å². The first-order valence-corrected chi connectivity index (χ1v) is 10.2. The summed E-state index contributed by atoms with van der Waals surface area (Å²) in [6.07, 6.45) is 1.46. The van der Waals surface area contributed by atoms with E-state index in [9.17, 15) is 9.59 Å². The van der Waals surface area contributed by atoms with Gasteiger partial charge in [-0.2, -0.15) is 0 Å². The number of amides is 2. The zero-order valence-electron chi connectivity index (χ0n) is 17.0. The SMILES string of the molecule is Cc1ccc(NC(=O)[C@H](Nc2cccc(N3CCCC3=O)c2)c2ccccc2)cc1. The van der Waals surface area contributed by atoms with Gasteiger partial charge < -0.3 is 15.5 Å². The van der Waals surface area contributed by atoms with Gasteiger partial charge >= 0.3 is 0 Å². The highest BCUT2D eigenvalue weighted by molar-refractivity contribution is 5.98. The van der Waals surface area contributed by atoms with Crippen molar-refractivity contribution < 1.29 is 9.59 Å². The van der Waals surface area contributed by atoms with Gasteiger partial charge in [-0.25, -0.2) is 0 Å². The smallest absolute Gasteiger partial charge is 0.251 e. The second kappa shape index (κ2) is 8.82. The molecule has 1 atom stereocenters. The molecular weight excluding hydrogens is 374 g/mol. The van der Waals surface area contributed by atoms with E-state index in [2.05, 4.69) is 10.6 Å². The lowest BCUT2D eigenvalue weighted by Gasteiger charge is -2.22. The van der Waals surface area contributed by atoms with E-state index in [4.69, 9.17) is 0 Å². The Bertz CT molecular complexity index is 1030. The third kappa shape index (κ3) is 4.51. The van der Waals surface area contributed by atoms with Crippen LogP contribution >= 0.6 is 0 Å². The van der Waals surface area contributed by atoms with Crippen LogP contribution in [0.2, 0.25) is 0 Å². The van der Waals surface area contributed by atoms with Crippen molar-refractivity contribution in [2.45, 2.75) is 25.8 Å². The molecule has 0 radical (unpaired) electrons. The second-order valence-corrected chi connectivity index (χ2v) is 7.54. The highest BCUT2D eigenvalue weighted by Gasteiger charge is 2.23. The van der Waals surface area contributed by atoms with E-state index in [0.717, 1.165) is 41.2 Å². The lowest BCUT2D eigenvalue weighted by molar-refractivity contribution is -0.117. The van der Waals surface area contributed by atoms with Crippen molar-refractivity contribution >= 4 is 28.9 Å². The second-order valence-electron chi connectivity index (χ2n) is 7.54. The summed E-state index contributed by atoms with van der Waals surface area (Å²) in [5, 5.41) is 6.35. The first kappa shape index (κ1) is 19.7. The first-order valence-electron chi connectivity index (χ1n) is 10.2. The number of hydrogen-bond donors (Lipinski definition) is 2. The van der Waals surface area contributed by atoms with Gasteiger partial charge in [-0.3, -0.25) is 9.59 Å². The van der Waals surface area contributed by atoms with Gasteiger partial charge in [0, 0.05) is 30.0 Å². The van der Waals surface area contributed by atoms with Crippen LogP contribution in [0.15, 0.2) is 78.9 Å². The molecule has 3 aromatic rings. The summed E-state index contributed by atoms with van der Waals surface area (Å²) >= 11 is 0. The van der Waals surface area contributed by atoms with Crippen LogP contribution in [0, 0.1) is 6.92 Å². The lowest BCUT2D eigenvalue weighted by Crippen LogP contribution is -2.27. The maximum atomic E-state index is 13.2. The fraction of sp³-hybridized carbons (Fsp3) is 0.200. The van der Waals surface area contributed by atoms with Gasteiger partial charge in [0.1, 0.15) is 6.04 Å². The van der Waals surface area contributed by atoms with E-state index < -0.39 is 6.04 Å². The van der Waals surface area contributed by atoms with Gasteiger partial charge in [0.15, 0.2) is 0 Å². The van der Waals surface area contributed by atoms with Crippen LogP contribution in [0.4, 0.5) is 17.1 Å². The van der Waals surface area contributed by atoms with Crippen LogP contribution in [-0.4, -0.2) is 18.4 Å². The number of nitrogens with zero attached hydrogens (tertiary/aromatic N) is 1. The van der Waals surface area contributed by atoms with Crippen LogP contribution in [0.1, 0.15) is 30.0 Å². The summed E-state index contributed by atoms with van der Waals surface area (Å²) in [7, 11) is 0. The molecule has 0 spiro atoms. The van der Waals surface area contributed by atoms with E-state index >= 15 is 0 Å². The Labute approximate surface area is 176 Å². The van der Waals surface area contributed by atoms with Gasteiger partial charge in [-0.1, -0.05) is 54.1 Å². The average molecular weight is 399 g/mol. The summed E-state index contributed by atoms with van der Waals surface area (Å²) in [6, 6.07) is 24.5. The van der Waals surface area contributed by atoms with Crippen molar-refractivity contribution in [3.63, 3.8) is 0 Å². The van der Waals surface area contributed by atoms with Gasteiger partial charge in [-0.15, -0.1) is 0 Å².